The smallest absolute Gasteiger partial charge is 0.188 e. The number of hydrogen-bond donors (Lipinski definition) is 2. The molecule has 0 fully saturated rings. The van der Waals surface area contributed by atoms with Gasteiger partial charge in [0.05, 0.1) is 6.61 Å². The van der Waals surface area contributed by atoms with Gasteiger partial charge in [0.15, 0.2) is 5.96 Å². The monoisotopic (exact) mass is 391 g/mol. The second-order valence-electron chi connectivity index (χ2n) is 4.40. The van der Waals surface area contributed by atoms with Crippen molar-refractivity contribution in [3.05, 3.63) is 35.9 Å². The molecular formula is C15H26IN3O. The number of benzene rings is 1. The number of ether oxygens (including phenoxy) is 1. The first-order valence-electron chi connectivity index (χ1n) is 6.98. The fourth-order valence-corrected chi connectivity index (χ4v) is 1.62. The van der Waals surface area contributed by atoms with Crippen LogP contribution in [0.4, 0.5) is 0 Å². The van der Waals surface area contributed by atoms with E-state index in [0.29, 0.717) is 5.96 Å². The number of nitrogens with two attached hydrogens (primary N) is 1. The van der Waals surface area contributed by atoms with Crippen molar-refractivity contribution >= 4 is 29.9 Å². The molecule has 0 bridgehead atoms. The van der Waals surface area contributed by atoms with Crippen LogP contribution in [0.2, 0.25) is 0 Å². The average molecular weight is 391 g/mol. The van der Waals surface area contributed by atoms with Crippen LogP contribution in [-0.2, 0) is 11.2 Å². The summed E-state index contributed by atoms with van der Waals surface area (Å²) in [6.45, 7) is 5.19. The molecule has 0 aromatic heterocycles. The molecule has 114 valence electrons. The van der Waals surface area contributed by atoms with Gasteiger partial charge in [-0.1, -0.05) is 37.3 Å². The molecule has 0 aliphatic carbocycles. The first-order chi connectivity index (χ1) is 9.33. The second kappa shape index (κ2) is 13.2. The molecule has 0 heterocycles. The minimum Gasteiger partial charge on any atom is -0.381 e. The molecule has 0 saturated heterocycles. The van der Waals surface area contributed by atoms with Crippen LogP contribution >= 0.6 is 24.0 Å². The fraction of sp³-hybridized carbons (Fsp3) is 0.533. The van der Waals surface area contributed by atoms with Gasteiger partial charge in [-0.25, -0.2) is 0 Å². The van der Waals surface area contributed by atoms with Gasteiger partial charge < -0.3 is 15.8 Å². The van der Waals surface area contributed by atoms with E-state index >= 15 is 0 Å². The number of nitrogens with zero attached hydrogens (tertiary/aromatic N) is 1. The van der Waals surface area contributed by atoms with E-state index in [1.807, 2.05) is 6.07 Å². The van der Waals surface area contributed by atoms with Crippen molar-refractivity contribution in [2.75, 3.05) is 26.3 Å². The summed E-state index contributed by atoms with van der Waals surface area (Å²) in [5.41, 5.74) is 6.99. The van der Waals surface area contributed by atoms with Crippen LogP contribution < -0.4 is 11.1 Å². The molecule has 0 amide bonds. The minimum atomic E-state index is 0. The molecule has 20 heavy (non-hydrogen) atoms. The molecule has 0 spiro atoms. The normalized spacial score (nSPS) is 10.9. The van der Waals surface area contributed by atoms with Gasteiger partial charge in [-0.15, -0.1) is 24.0 Å². The molecule has 3 N–H and O–H groups in total. The topological polar surface area (TPSA) is 59.6 Å². The first kappa shape index (κ1) is 19.2. The van der Waals surface area contributed by atoms with Crippen molar-refractivity contribution in [1.82, 2.24) is 5.32 Å². The first-order valence-corrected chi connectivity index (χ1v) is 6.98. The highest BCUT2D eigenvalue weighted by atomic mass is 127. The Labute approximate surface area is 139 Å². The van der Waals surface area contributed by atoms with Crippen LogP contribution in [0.5, 0.6) is 0 Å². The third-order valence-corrected chi connectivity index (χ3v) is 2.66. The molecule has 5 heteroatoms. The Bertz CT molecular complexity index is 357. The third-order valence-electron chi connectivity index (χ3n) is 2.66. The van der Waals surface area contributed by atoms with Crippen molar-refractivity contribution in [2.24, 2.45) is 10.7 Å². The summed E-state index contributed by atoms with van der Waals surface area (Å²) in [5.74, 6) is 0.533. The van der Waals surface area contributed by atoms with Gasteiger partial charge in [0, 0.05) is 19.7 Å². The van der Waals surface area contributed by atoms with Gasteiger partial charge in [0.25, 0.3) is 0 Å². The molecule has 0 unspecified atom stereocenters. The highest BCUT2D eigenvalue weighted by Gasteiger charge is 1.94. The van der Waals surface area contributed by atoms with Crippen molar-refractivity contribution in [1.29, 1.82) is 0 Å². The van der Waals surface area contributed by atoms with Crippen LogP contribution in [0.3, 0.4) is 0 Å². The van der Waals surface area contributed by atoms with Crippen molar-refractivity contribution in [3.63, 3.8) is 0 Å². The number of nitrogens with one attached hydrogen (secondary N) is 1. The SMILES string of the molecule is CCCN=C(N)NCCCOCCc1ccccc1.I. The fourth-order valence-electron chi connectivity index (χ4n) is 1.62. The van der Waals surface area contributed by atoms with E-state index in [-0.39, 0.29) is 24.0 Å². The zero-order chi connectivity index (χ0) is 13.8. The van der Waals surface area contributed by atoms with E-state index < -0.39 is 0 Å². The maximum atomic E-state index is 5.67. The zero-order valence-corrected chi connectivity index (χ0v) is 14.5. The molecule has 0 aliphatic rings. The molecule has 0 radical (unpaired) electrons. The number of rotatable bonds is 9. The van der Waals surface area contributed by atoms with E-state index in [0.717, 1.165) is 45.6 Å². The van der Waals surface area contributed by atoms with Gasteiger partial charge in [-0.3, -0.25) is 4.99 Å². The van der Waals surface area contributed by atoms with Gasteiger partial charge >= 0.3 is 0 Å². The lowest BCUT2D eigenvalue weighted by Crippen LogP contribution is -2.33. The molecule has 4 nitrogen and oxygen atoms in total. The maximum absolute atomic E-state index is 5.67. The predicted molar refractivity (Wildman–Crippen MR) is 95.8 cm³/mol. The Balaban J connectivity index is 0.00000361. The lowest BCUT2D eigenvalue weighted by atomic mass is 10.2. The summed E-state index contributed by atoms with van der Waals surface area (Å²) in [6, 6.07) is 10.4. The lowest BCUT2D eigenvalue weighted by Gasteiger charge is -2.06. The van der Waals surface area contributed by atoms with Gasteiger partial charge in [0.1, 0.15) is 0 Å². The van der Waals surface area contributed by atoms with Crippen LogP contribution in [-0.4, -0.2) is 32.3 Å². The Morgan fingerprint density at radius 1 is 1.25 bits per heavy atom. The van der Waals surface area contributed by atoms with Crippen LogP contribution in [0, 0.1) is 0 Å². The molecule has 1 aromatic carbocycles. The Kier molecular flexibility index (Phi) is 12.6. The lowest BCUT2D eigenvalue weighted by molar-refractivity contribution is 0.135. The highest BCUT2D eigenvalue weighted by Crippen LogP contribution is 1.99. The summed E-state index contributed by atoms with van der Waals surface area (Å²) in [6.07, 6.45) is 2.93. The average Bonchev–Trinajstić information content (AvgIpc) is 2.45. The van der Waals surface area contributed by atoms with E-state index in [9.17, 15) is 0 Å². The molecule has 0 aliphatic heterocycles. The minimum absolute atomic E-state index is 0. The largest absolute Gasteiger partial charge is 0.381 e. The van der Waals surface area contributed by atoms with E-state index in [2.05, 4.69) is 41.5 Å². The molecule has 1 rings (SSSR count). The Hall–Kier alpha value is -0.820. The van der Waals surface area contributed by atoms with Crippen molar-refractivity contribution < 1.29 is 4.74 Å². The van der Waals surface area contributed by atoms with Gasteiger partial charge in [-0.05, 0) is 24.8 Å². The van der Waals surface area contributed by atoms with Crippen LogP contribution in [0.15, 0.2) is 35.3 Å². The zero-order valence-electron chi connectivity index (χ0n) is 12.2. The van der Waals surface area contributed by atoms with E-state index in [1.165, 1.54) is 5.56 Å². The second-order valence-corrected chi connectivity index (χ2v) is 4.40. The summed E-state index contributed by atoms with van der Waals surface area (Å²) in [4.78, 5) is 4.16. The molecule has 1 aromatic rings. The van der Waals surface area contributed by atoms with Gasteiger partial charge in [0.2, 0.25) is 0 Å². The van der Waals surface area contributed by atoms with Gasteiger partial charge in [-0.2, -0.15) is 0 Å². The van der Waals surface area contributed by atoms with Crippen LogP contribution in [0.25, 0.3) is 0 Å². The maximum Gasteiger partial charge on any atom is 0.188 e. The predicted octanol–water partition coefficient (Wildman–Crippen LogP) is 2.57. The van der Waals surface area contributed by atoms with Crippen LogP contribution in [0.1, 0.15) is 25.3 Å². The third kappa shape index (κ3) is 10.0. The molecule has 0 saturated carbocycles. The summed E-state index contributed by atoms with van der Waals surface area (Å²) >= 11 is 0. The molecular weight excluding hydrogens is 365 g/mol. The Morgan fingerprint density at radius 2 is 2.00 bits per heavy atom. The summed E-state index contributed by atoms with van der Waals surface area (Å²) < 4.78 is 5.58. The van der Waals surface area contributed by atoms with E-state index in [4.69, 9.17) is 10.5 Å². The van der Waals surface area contributed by atoms with E-state index in [1.54, 1.807) is 0 Å². The quantitative estimate of drug-likeness (QED) is 0.295. The Morgan fingerprint density at radius 3 is 2.70 bits per heavy atom. The number of guanidine groups is 1. The standard InChI is InChI=1S/C15H25N3O.HI/c1-2-10-17-15(16)18-11-6-12-19-13-9-14-7-4-3-5-8-14;/h3-5,7-8H,2,6,9-13H2,1H3,(H3,16,17,18);1H. The molecule has 0 atom stereocenters. The number of aliphatic imine (C=N–C) groups is 1. The highest BCUT2D eigenvalue weighted by molar-refractivity contribution is 14.0. The van der Waals surface area contributed by atoms with Crippen molar-refractivity contribution in [2.45, 2.75) is 26.2 Å². The van der Waals surface area contributed by atoms with Crippen molar-refractivity contribution in [3.8, 4) is 0 Å². The number of hydrogen-bond acceptors (Lipinski definition) is 2. The number of halogens is 1. The summed E-state index contributed by atoms with van der Waals surface area (Å²) in [5, 5.41) is 3.07. The summed E-state index contributed by atoms with van der Waals surface area (Å²) in [7, 11) is 0.